The minimum Gasteiger partial charge on any atom is -0.397 e. The first kappa shape index (κ1) is 14.2. The Balaban J connectivity index is 1.99. The van der Waals surface area contributed by atoms with Crippen LogP contribution in [-0.2, 0) is 12.7 Å². The van der Waals surface area contributed by atoms with E-state index in [2.05, 4.69) is 9.88 Å². The molecule has 1 aromatic heterocycles. The van der Waals surface area contributed by atoms with E-state index in [0.717, 1.165) is 25.9 Å². The van der Waals surface area contributed by atoms with Crippen molar-refractivity contribution in [2.45, 2.75) is 25.6 Å². The quantitative estimate of drug-likeness (QED) is 0.886. The van der Waals surface area contributed by atoms with Gasteiger partial charge in [-0.15, -0.1) is 0 Å². The molecule has 0 amide bonds. The van der Waals surface area contributed by atoms with Crippen molar-refractivity contribution < 1.29 is 13.2 Å². The largest absolute Gasteiger partial charge is 0.449 e. The van der Waals surface area contributed by atoms with Crippen LogP contribution in [0.25, 0.3) is 11.0 Å². The van der Waals surface area contributed by atoms with Crippen molar-refractivity contribution in [2.75, 3.05) is 25.4 Å². The summed E-state index contributed by atoms with van der Waals surface area (Å²) in [6.45, 7) is 2.78. The fourth-order valence-corrected chi connectivity index (χ4v) is 2.86. The lowest BCUT2D eigenvalue weighted by atomic mass is 10.3. The monoisotopic (exact) mass is 298 g/mol. The van der Waals surface area contributed by atoms with Crippen molar-refractivity contribution in [2.24, 2.45) is 0 Å². The van der Waals surface area contributed by atoms with E-state index in [9.17, 15) is 13.2 Å². The maximum atomic E-state index is 13.2. The standard InChI is InChI=1S/C14H17F3N4/c15-14(16,17)13-19-12-10(18)4-3-5-11(12)21(13)9-8-20-6-1-2-7-20/h3-5H,1-2,6-9,18H2. The molecule has 0 atom stereocenters. The van der Waals surface area contributed by atoms with Gasteiger partial charge < -0.3 is 15.2 Å². The average molecular weight is 298 g/mol. The molecule has 0 aliphatic carbocycles. The van der Waals surface area contributed by atoms with Crippen LogP contribution in [0.15, 0.2) is 18.2 Å². The Hall–Kier alpha value is -1.76. The summed E-state index contributed by atoms with van der Waals surface area (Å²) in [6, 6.07) is 4.87. The average Bonchev–Trinajstić information content (AvgIpc) is 3.03. The highest BCUT2D eigenvalue weighted by atomic mass is 19.4. The zero-order chi connectivity index (χ0) is 15.0. The number of rotatable bonds is 3. The fourth-order valence-electron chi connectivity index (χ4n) is 2.86. The normalized spacial score (nSPS) is 16.9. The summed E-state index contributed by atoms with van der Waals surface area (Å²) in [4.78, 5) is 5.90. The van der Waals surface area contributed by atoms with E-state index in [1.54, 1.807) is 18.2 Å². The highest BCUT2D eigenvalue weighted by Crippen LogP contribution is 2.33. The summed E-state index contributed by atoms with van der Waals surface area (Å²) in [5, 5.41) is 0. The maximum Gasteiger partial charge on any atom is 0.449 e. The minimum absolute atomic E-state index is 0.228. The van der Waals surface area contributed by atoms with E-state index in [4.69, 9.17) is 5.73 Å². The molecule has 1 fully saturated rings. The van der Waals surface area contributed by atoms with Gasteiger partial charge in [0.2, 0.25) is 5.82 Å². The number of likely N-dealkylation sites (tertiary alicyclic amines) is 1. The minimum atomic E-state index is -4.48. The SMILES string of the molecule is Nc1cccc2c1nc(C(F)(F)F)n2CCN1CCCC1. The zero-order valence-electron chi connectivity index (χ0n) is 11.5. The second-order valence-corrected chi connectivity index (χ2v) is 5.35. The molecule has 1 aromatic carbocycles. The zero-order valence-corrected chi connectivity index (χ0v) is 11.5. The molecule has 0 saturated carbocycles. The predicted octanol–water partition coefficient (Wildman–Crippen LogP) is 2.73. The van der Waals surface area contributed by atoms with Gasteiger partial charge in [-0.1, -0.05) is 6.07 Å². The van der Waals surface area contributed by atoms with E-state index >= 15 is 0 Å². The third kappa shape index (κ3) is 2.70. The Bertz CT molecular complexity index is 641. The predicted molar refractivity (Wildman–Crippen MR) is 74.8 cm³/mol. The van der Waals surface area contributed by atoms with Gasteiger partial charge in [-0.05, 0) is 38.1 Å². The third-order valence-electron chi connectivity index (χ3n) is 3.90. The summed E-state index contributed by atoms with van der Waals surface area (Å²) in [5.74, 6) is -0.866. The number of para-hydroxylation sites is 1. The van der Waals surface area contributed by atoms with E-state index in [-0.39, 0.29) is 17.7 Å². The van der Waals surface area contributed by atoms with Crippen LogP contribution in [0.4, 0.5) is 18.9 Å². The van der Waals surface area contributed by atoms with Crippen LogP contribution in [-0.4, -0.2) is 34.1 Å². The number of hydrogen-bond acceptors (Lipinski definition) is 3. The number of fused-ring (bicyclic) bond motifs is 1. The topological polar surface area (TPSA) is 47.1 Å². The molecule has 0 spiro atoms. The van der Waals surface area contributed by atoms with E-state index in [0.29, 0.717) is 12.1 Å². The van der Waals surface area contributed by atoms with Crippen LogP contribution in [0.2, 0.25) is 0 Å². The number of nitrogen functional groups attached to an aromatic ring is 1. The van der Waals surface area contributed by atoms with Crippen molar-refractivity contribution in [1.82, 2.24) is 14.5 Å². The Kier molecular flexibility index (Phi) is 3.52. The Labute approximate surface area is 120 Å². The van der Waals surface area contributed by atoms with E-state index < -0.39 is 12.0 Å². The fraction of sp³-hybridized carbons (Fsp3) is 0.500. The second kappa shape index (κ2) is 5.22. The first-order chi connectivity index (χ1) is 9.97. The molecule has 1 aliphatic heterocycles. The maximum absolute atomic E-state index is 13.2. The lowest BCUT2D eigenvalue weighted by molar-refractivity contribution is -0.147. The molecule has 1 saturated heterocycles. The van der Waals surface area contributed by atoms with Crippen LogP contribution >= 0.6 is 0 Å². The lowest BCUT2D eigenvalue weighted by Gasteiger charge is -2.17. The number of hydrogen-bond donors (Lipinski definition) is 1. The molecule has 21 heavy (non-hydrogen) atoms. The Morgan fingerprint density at radius 1 is 1.14 bits per heavy atom. The van der Waals surface area contributed by atoms with Gasteiger partial charge in [0.05, 0.1) is 11.2 Å². The molecule has 1 aliphatic rings. The Morgan fingerprint density at radius 3 is 2.52 bits per heavy atom. The molecular weight excluding hydrogens is 281 g/mol. The van der Waals surface area contributed by atoms with Crippen molar-refractivity contribution >= 4 is 16.7 Å². The van der Waals surface area contributed by atoms with Crippen LogP contribution < -0.4 is 5.73 Å². The second-order valence-electron chi connectivity index (χ2n) is 5.35. The molecule has 2 aromatic rings. The summed E-state index contributed by atoms with van der Waals surface area (Å²) in [6.07, 6.45) is -2.25. The van der Waals surface area contributed by atoms with Crippen LogP contribution in [0.3, 0.4) is 0 Å². The lowest BCUT2D eigenvalue weighted by Crippen LogP contribution is -2.26. The number of anilines is 1. The molecule has 7 heteroatoms. The van der Waals surface area contributed by atoms with Gasteiger partial charge in [0.25, 0.3) is 0 Å². The molecule has 2 N–H and O–H groups in total. The van der Waals surface area contributed by atoms with E-state index in [1.165, 1.54) is 4.57 Å². The number of benzene rings is 1. The highest BCUT2D eigenvalue weighted by molar-refractivity contribution is 5.87. The number of imidazole rings is 1. The number of aromatic nitrogens is 2. The summed E-state index contributed by atoms with van der Waals surface area (Å²) in [5.41, 5.74) is 6.70. The molecule has 3 rings (SSSR count). The Morgan fingerprint density at radius 2 is 1.86 bits per heavy atom. The van der Waals surface area contributed by atoms with Crippen molar-refractivity contribution in [3.05, 3.63) is 24.0 Å². The number of alkyl halides is 3. The number of nitrogens with two attached hydrogens (primary N) is 1. The molecular formula is C14H17F3N4. The highest BCUT2D eigenvalue weighted by Gasteiger charge is 2.37. The molecule has 0 radical (unpaired) electrons. The first-order valence-electron chi connectivity index (χ1n) is 7.01. The number of halogens is 3. The van der Waals surface area contributed by atoms with Gasteiger partial charge >= 0.3 is 6.18 Å². The smallest absolute Gasteiger partial charge is 0.397 e. The van der Waals surface area contributed by atoms with E-state index in [1.807, 2.05) is 0 Å². The van der Waals surface area contributed by atoms with Crippen molar-refractivity contribution in [3.8, 4) is 0 Å². The van der Waals surface area contributed by atoms with Gasteiger partial charge in [-0.2, -0.15) is 13.2 Å². The summed E-state index contributed by atoms with van der Waals surface area (Å²) in [7, 11) is 0. The molecule has 0 unspecified atom stereocenters. The van der Waals surface area contributed by atoms with Gasteiger partial charge in [0.15, 0.2) is 0 Å². The van der Waals surface area contributed by atoms with Gasteiger partial charge in [0, 0.05) is 13.1 Å². The van der Waals surface area contributed by atoms with Gasteiger partial charge in [0.1, 0.15) is 5.52 Å². The van der Waals surface area contributed by atoms with Crippen LogP contribution in [0.1, 0.15) is 18.7 Å². The van der Waals surface area contributed by atoms with Crippen molar-refractivity contribution in [3.63, 3.8) is 0 Å². The third-order valence-corrected chi connectivity index (χ3v) is 3.90. The molecule has 114 valence electrons. The molecule has 0 bridgehead atoms. The van der Waals surface area contributed by atoms with Crippen molar-refractivity contribution in [1.29, 1.82) is 0 Å². The van der Waals surface area contributed by atoms with Crippen LogP contribution in [0, 0.1) is 0 Å². The molecule has 4 nitrogen and oxygen atoms in total. The van der Waals surface area contributed by atoms with Gasteiger partial charge in [-0.25, -0.2) is 4.98 Å². The summed E-state index contributed by atoms with van der Waals surface area (Å²) < 4.78 is 40.8. The molecule has 2 heterocycles. The first-order valence-corrected chi connectivity index (χ1v) is 7.01. The van der Waals surface area contributed by atoms with Crippen LogP contribution in [0.5, 0.6) is 0 Å². The van der Waals surface area contributed by atoms with Gasteiger partial charge in [-0.3, -0.25) is 0 Å². The number of nitrogens with zero attached hydrogens (tertiary/aromatic N) is 3. The summed E-state index contributed by atoms with van der Waals surface area (Å²) >= 11 is 0.